The molecule has 0 aromatic carbocycles. The van der Waals surface area contributed by atoms with E-state index in [-0.39, 0.29) is 18.4 Å². The topological polar surface area (TPSA) is 75.4 Å². The third-order valence-electron chi connectivity index (χ3n) is 4.06. The summed E-state index contributed by atoms with van der Waals surface area (Å²) in [5, 5.41) is 2.79. The molecule has 1 saturated heterocycles. The second-order valence-corrected chi connectivity index (χ2v) is 5.53. The van der Waals surface area contributed by atoms with E-state index in [2.05, 4.69) is 10.3 Å². The van der Waals surface area contributed by atoms with Crippen molar-refractivity contribution < 1.29 is 14.0 Å². The Labute approximate surface area is 118 Å². The highest BCUT2D eigenvalue weighted by atomic mass is 16.4. The maximum atomic E-state index is 12.6. The monoisotopic (exact) mass is 279 g/mol. The van der Waals surface area contributed by atoms with Crippen LogP contribution in [0.25, 0.3) is 0 Å². The predicted molar refractivity (Wildman–Crippen MR) is 72.8 cm³/mol. The van der Waals surface area contributed by atoms with Crippen LogP contribution in [0.2, 0.25) is 0 Å². The van der Waals surface area contributed by atoms with E-state index >= 15 is 0 Å². The van der Waals surface area contributed by atoms with Gasteiger partial charge in [-0.3, -0.25) is 9.59 Å². The molecule has 20 heavy (non-hydrogen) atoms. The minimum atomic E-state index is -0.847. The Kier molecular flexibility index (Phi) is 3.58. The lowest BCUT2D eigenvalue weighted by Gasteiger charge is -2.42. The van der Waals surface area contributed by atoms with Gasteiger partial charge < -0.3 is 14.6 Å². The molecule has 110 valence electrons. The van der Waals surface area contributed by atoms with Gasteiger partial charge in [0.2, 0.25) is 17.7 Å². The highest BCUT2D eigenvalue weighted by molar-refractivity contribution is 5.99. The summed E-state index contributed by atoms with van der Waals surface area (Å²) in [5.41, 5.74) is -0.0416. The normalized spacial score (nSPS) is 26.9. The van der Waals surface area contributed by atoms with Gasteiger partial charge in [-0.1, -0.05) is 6.92 Å². The Morgan fingerprint density at radius 2 is 2.05 bits per heavy atom. The fraction of sp³-hybridized carbons (Fsp3) is 0.643. The van der Waals surface area contributed by atoms with E-state index in [4.69, 9.17) is 4.42 Å². The summed E-state index contributed by atoms with van der Waals surface area (Å²) in [5.74, 6) is 0.961. The number of hydrogen-bond donors (Lipinski definition) is 1. The van der Waals surface area contributed by atoms with Crippen molar-refractivity contribution in [3.63, 3.8) is 0 Å². The van der Waals surface area contributed by atoms with E-state index in [1.54, 1.807) is 13.8 Å². The molecule has 1 aliphatic rings. The number of amides is 2. The van der Waals surface area contributed by atoms with Crippen molar-refractivity contribution in [2.24, 2.45) is 0 Å². The van der Waals surface area contributed by atoms with Gasteiger partial charge in [-0.05, 0) is 34.1 Å². The van der Waals surface area contributed by atoms with Crippen LogP contribution in [0.15, 0.2) is 4.42 Å². The second-order valence-electron chi connectivity index (χ2n) is 5.53. The molecule has 0 saturated carbocycles. The maximum Gasteiger partial charge on any atom is 0.249 e. The van der Waals surface area contributed by atoms with Crippen LogP contribution in [0.4, 0.5) is 0 Å². The lowest BCUT2D eigenvalue weighted by atomic mass is 9.92. The van der Waals surface area contributed by atoms with Gasteiger partial charge in [-0.2, -0.15) is 0 Å². The number of carbonyl (C=O) groups excluding carboxylic acids is 2. The minimum Gasteiger partial charge on any atom is -0.444 e. The molecule has 2 amide bonds. The fourth-order valence-corrected chi connectivity index (χ4v) is 2.27. The Bertz CT molecular complexity index is 532. The smallest absolute Gasteiger partial charge is 0.249 e. The Balaban J connectivity index is 2.27. The first kappa shape index (κ1) is 14.6. The molecule has 0 radical (unpaired) electrons. The molecule has 1 N–H and O–H groups in total. The third-order valence-corrected chi connectivity index (χ3v) is 4.06. The first-order valence-electron chi connectivity index (χ1n) is 6.84. The number of nitrogens with zero attached hydrogens (tertiary/aromatic N) is 2. The maximum absolute atomic E-state index is 12.6. The number of rotatable bonds is 3. The van der Waals surface area contributed by atoms with Crippen molar-refractivity contribution in [2.45, 2.75) is 59.2 Å². The largest absolute Gasteiger partial charge is 0.444 e. The van der Waals surface area contributed by atoms with E-state index in [9.17, 15) is 9.59 Å². The predicted octanol–water partition coefficient (Wildman–Crippen LogP) is 1.31. The van der Waals surface area contributed by atoms with Crippen LogP contribution in [0.1, 0.15) is 44.5 Å². The van der Waals surface area contributed by atoms with Crippen molar-refractivity contribution in [1.29, 1.82) is 0 Å². The Morgan fingerprint density at radius 3 is 2.55 bits per heavy atom. The van der Waals surface area contributed by atoms with Gasteiger partial charge in [0.1, 0.15) is 17.3 Å². The van der Waals surface area contributed by atoms with Crippen molar-refractivity contribution in [1.82, 2.24) is 15.2 Å². The highest BCUT2D eigenvalue weighted by Crippen LogP contribution is 2.23. The van der Waals surface area contributed by atoms with Gasteiger partial charge in [-0.25, -0.2) is 4.98 Å². The van der Waals surface area contributed by atoms with Gasteiger partial charge in [-0.15, -0.1) is 0 Å². The van der Waals surface area contributed by atoms with Crippen LogP contribution >= 0.6 is 0 Å². The van der Waals surface area contributed by atoms with Crippen LogP contribution in [-0.2, 0) is 16.1 Å². The number of carbonyl (C=O) groups is 2. The first-order chi connectivity index (χ1) is 9.28. The van der Waals surface area contributed by atoms with E-state index in [1.807, 2.05) is 20.8 Å². The van der Waals surface area contributed by atoms with E-state index in [1.165, 1.54) is 4.90 Å². The quantitative estimate of drug-likeness (QED) is 0.905. The van der Waals surface area contributed by atoms with Crippen LogP contribution in [0, 0.1) is 13.8 Å². The van der Waals surface area contributed by atoms with Crippen molar-refractivity contribution in [2.75, 3.05) is 0 Å². The molecule has 0 aliphatic carbocycles. The number of nitrogens with one attached hydrogen (secondary N) is 1. The second kappa shape index (κ2) is 4.92. The van der Waals surface area contributed by atoms with Gasteiger partial charge in [0, 0.05) is 0 Å². The Morgan fingerprint density at radius 1 is 1.40 bits per heavy atom. The molecule has 1 fully saturated rings. The van der Waals surface area contributed by atoms with E-state index in [0.717, 1.165) is 11.5 Å². The number of piperazine rings is 1. The zero-order valence-electron chi connectivity index (χ0n) is 12.6. The molecule has 0 bridgehead atoms. The molecule has 0 spiro atoms. The van der Waals surface area contributed by atoms with Gasteiger partial charge >= 0.3 is 0 Å². The third kappa shape index (κ3) is 2.30. The summed E-state index contributed by atoms with van der Waals surface area (Å²) < 4.78 is 5.51. The summed E-state index contributed by atoms with van der Waals surface area (Å²) in [6.07, 6.45) is 0.546. The first-order valence-corrected chi connectivity index (χ1v) is 6.84. The minimum absolute atomic E-state index is 0.0967. The zero-order valence-corrected chi connectivity index (χ0v) is 12.6. The molecule has 2 unspecified atom stereocenters. The molecular formula is C14H21N3O3. The summed E-state index contributed by atoms with van der Waals surface area (Å²) in [6.45, 7) is 9.25. The van der Waals surface area contributed by atoms with Crippen molar-refractivity contribution in [3.8, 4) is 0 Å². The van der Waals surface area contributed by atoms with E-state index < -0.39 is 11.6 Å². The summed E-state index contributed by atoms with van der Waals surface area (Å²) in [6, 6.07) is -0.519. The van der Waals surface area contributed by atoms with Crippen LogP contribution < -0.4 is 5.32 Å². The number of hydrogen-bond acceptors (Lipinski definition) is 4. The fourth-order valence-electron chi connectivity index (χ4n) is 2.27. The summed E-state index contributed by atoms with van der Waals surface area (Å²) >= 11 is 0. The lowest BCUT2D eigenvalue weighted by Crippen LogP contribution is -2.68. The molecule has 2 atom stereocenters. The average molecular weight is 279 g/mol. The molecule has 6 heteroatoms. The zero-order chi connectivity index (χ0) is 15.1. The number of aryl methyl sites for hydroxylation is 2. The summed E-state index contributed by atoms with van der Waals surface area (Å²) in [7, 11) is 0. The van der Waals surface area contributed by atoms with Gasteiger partial charge in [0.25, 0.3) is 0 Å². The average Bonchev–Trinajstić information content (AvgIpc) is 2.71. The molecular weight excluding hydrogens is 258 g/mol. The number of aromatic nitrogens is 1. The molecule has 1 aliphatic heterocycles. The Hall–Kier alpha value is -1.85. The SMILES string of the molecule is CCC1(C)NC(=O)C(C)N(Cc2nc(C)c(C)o2)C1=O. The highest BCUT2D eigenvalue weighted by Gasteiger charge is 2.45. The van der Waals surface area contributed by atoms with Crippen molar-refractivity contribution >= 4 is 11.8 Å². The summed E-state index contributed by atoms with van der Waals surface area (Å²) in [4.78, 5) is 30.4. The van der Waals surface area contributed by atoms with Crippen LogP contribution in [0.5, 0.6) is 0 Å². The van der Waals surface area contributed by atoms with Crippen LogP contribution in [0.3, 0.4) is 0 Å². The van der Waals surface area contributed by atoms with Crippen LogP contribution in [-0.4, -0.2) is 33.3 Å². The number of oxazole rings is 1. The molecule has 6 nitrogen and oxygen atoms in total. The van der Waals surface area contributed by atoms with E-state index in [0.29, 0.717) is 12.3 Å². The van der Waals surface area contributed by atoms with Gasteiger partial charge in [0.05, 0.1) is 12.2 Å². The standard InChI is InChI=1S/C14H21N3O3/c1-6-14(5)13(19)17(9(3)12(18)16-14)7-11-15-8(2)10(4)20-11/h9H,6-7H2,1-5H3,(H,16,18). The molecule has 1 aromatic rings. The van der Waals surface area contributed by atoms with Gasteiger partial charge in [0.15, 0.2) is 0 Å². The lowest BCUT2D eigenvalue weighted by molar-refractivity contribution is -0.154. The molecule has 2 heterocycles. The van der Waals surface area contributed by atoms with Crippen molar-refractivity contribution in [3.05, 3.63) is 17.3 Å². The molecule has 2 rings (SSSR count). The molecule has 1 aromatic heterocycles.